The molecule has 0 aliphatic carbocycles. The maximum absolute atomic E-state index is 11.0. The number of rotatable bonds is 4. The average molecular weight is 232 g/mol. The fraction of sp³-hybridized carbons (Fsp3) is 0.167. The minimum absolute atomic E-state index is 0.166. The van der Waals surface area contributed by atoms with Crippen molar-refractivity contribution >= 4 is 11.8 Å². The third kappa shape index (κ3) is 2.63. The Bertz CT molecular complexity index is 521. The van der Waals surface area contributed by atoms with Gasteiger partial charge in [0.15, 0.2) is 0 Å². The molecule has 5 heteroatoms. The summed E-state index contributed by atoms with van der Waals surface area (Å²) in [4.78, 5) is 15.2. The Labute approximate surface area is 98.1 Å². The number of hydrogen-bond donors (Lipinski definition) is 2. The zero-order chi connectivity index (χ0) is 12.3. The largest absolute Gasteiger partial charge is 0.478 e. The van der Waals surface area contributed by atoms with Gasteiger partial charge in [-0.25, -0.2) is 9.78 Å². The first-order chi connectivity index (χ1) is 8.16. The van der Waals surface area contributed by atoms with E-state index in [1.807, 2.05) is 13.0 Å². The maximum Gasteiger partial charge on any atom is 0.339 e. The van der Waals surface area contributed by atoms with Crippen molar-refractivity contribution in [3.05, 3.63) is 47.5 Å². The molecule has 88 valence electrons. The van der Waals surface area contributed by atoms with Crippen molar-refractivity contribution in [3.63, 3.8) is 0 Å². The van der Waals surface area contributed by atoms with Crippen LogP contribution in [0.4, 0.5) is 5.82 Å². The summed E-state index contributed by atoms with van der Waals surface area (Å²) in [5.41, 5.74) is 1.87. The van der Waals surface area contributed by atoms with E-state index >= 15 is 0 Å². The number of aromatic carboxylic acids is 1. The van der Waals surface area contributed by atoms with Crippen molar-refractivity contribution in [3.8, 4) is 0 Å². The Hall–Kier alpha value is -2.30. The summed E-state index contributed by atoms with van der Waals surface area (Å²) in [5, 5.41) is 12.0. The number of carbonyl (C=O) groups is 1. The number of pyridine rings is 1. The van der Waals surface area contributed by atoms with Gasteiger partial charge in [-0.1, -0.05) is 0 Å². The van der Waals surface area contributed by atoms with Crippen LogP contribution in [0.3, 0.4) is 0 Å². The summed E-state index contributed by atoms with van der Waals surface area (Å²) in [6, 6.07) is 5.03. The van der Waals surface area contributed by atoms with Gasteiger partial charge in [0, 0.05) is 17.8 Å². The molecule has 0 aromatic carbocycles. The number of aryl methyl sites for hydroxylation is 1. The van der Waals surface area contributed by atoms with Crippen LogP contribution in [-0.2, 0) is 6.54 Å². The molecule has 2 aromatic heterocycles. The molecule has 0 amide bonds. The normalized spacial score (nSPS) is 10.2. The molecule has 2 rings (SSSR count). The lowest BCUT2D eigenvalue weighted by Crippen LogP contribution is -2.08. The van der Waals surface area contributed by atoms with E-state index < -0.39 is 5.97 Å². The molecule has 0 spiro atoms. The maximum atomic E-state index is 11.0. The number of furan rings is 1. The van der Waals surface area contributed by atoms with Crippen LogP contribution in [0.2, 0.25) is 0 Å². The molecule has 0 radical (unpaired) electrons. The van der Waals surface area contributed by atoms with Crippen LogP contribution in [0.5, 0.6) is 0 Å². The van der Waals surface area contributed by atoms with E-state index in [9.17, 15) is 4.79 Å². The Morgan fingerprint density at radius 3 is 2.94 bits per heavy atom. The molecule has 0 atom stereocenters. The molecular weight excluding hydrogens is 220 g/mol. The van der Waals surface area contributed by atoms with E-state index in [4.69, 9.17) is 9.52 Å². The van der Waals surface area contributed by atoms with Crippen molar-refractivity contribution < 1.29 is 14.3 Å². The van der Waals surface area contributed by atoms with Gasteiger partial charge in [-0.2, -0.15) is 0 Å². The van der Waals surface area contributed by atoms with Gasteiger partial charge in [0.25, 0.3) is 0 Å². The van der Waals surface area contributed by atoms with E-state index in [1.54, 1.807) is 24.7 Å². The molecule has 0 unspecified atom stereocenters. The highest BCUT2D eigenvalue weighted by atomic mass is 16.4. The molecule has 5 nitrogen and oxygen atoms in total. The fourth-order valence-electron chi connectivity index (χ4n) is 1.44. The van der Waals surface area contributed by atoms with Gasteiger partial charge < -0.3 is 14.8 Å². The summed E-state index contributed by atoms with van der Waals surface area (Å²) in [5.74, 6) is -0.620. The first-order valence-electron chi connectivity index (χ1n) is 5.12. The number of carboxylic acid groups (broad SMARTS) is 1. The van der Waals surface area contributed by atoms with Gasteiger partial charge in [0.05, 0.1) is 12.5 Å². The van der Waals surface area contributed by atoms with Crippen LogP contribution >= 0.6 is 0 Å². The topological polar surface area (TPSA) is 75.4 Å². The lowest BCUT2D eigenvalue weighted by atomic mass is 10.2. The van der Waals surface area contributed by atoms with Crippen molar-refractivity contribution in [2.75, 3.05) is 5.32 Å². The first-order valence-corrected chi connectivity index (χ1v) is 5.12. The molecule has 17 heavy (non-hydrogen) atoms. The third-order valence-corrected chi connectivity index (χ3v) is 2.30. The minimum atomic E-state index is -0.993. The quantitative estimate of drug-likeness (QED) is 0.845. The van der Waals surface area contributed by atoms with Crippen LogP contribution in [0.1, 0.15) is 21.6 Å². The summed E-state index contributed by atoms with van der Waals surface area (Å²) in [6.07, 6.45) is 3.17. The Balaban J connectivity index is 2.19. The highest BCUT2D eigenvalue weighted by molar-refractivity contribution is 5.93. The van der Waals surface area contributed by atoms with Crippen LogP contribution in [-0.4, -0.2) is 16.1 Å². The van der Waals surface area contributed by atoms with E-state index in [2.05, 4.69) is 10.3 Å². The molecule has 0 aliphatic rings. The van der Waals surface area contributed by atoms with Crippen molar-refractivity contribution in [2.24, 2.45) is 0 Å². The predicted octanol–water partition coefficient (Wildman–Crippen LogP) is 2.29. The molecule has 0 aliphatic heterocycles. The van der Waals surface area contributed by atoms with Crippen molar-refractivity contribution in [1.29, 1.82) is 0 Å². The first kappa shape index (κ1) is 11.2. The number of anilines is 1. The van der Waals surface area contributed by atoms with Gasteiger partial charge >= 0.3 is 5.97 Å². The van der Waals surface area contributed by atoms with Crippen molar-refractivity contribution in [1.82, 2.24) is 4.98 Å². The van der Waals surface area contributed by atoms with Crippen molar-refractivity contribution in [2.45, 2.75) is 13.5 Å². The molecule has 0 bridgehead atoms. The summed E-state index contributed by atoms with van der Waals surface area (Å²) in [7, 11) is 0. The fourth-order valence-corrected chi connectivity index (χ4v) is 1.44. The summed E-state index contributed by atoms with van der Waals surface area (Å²) < 4.78 is 4.93. The molecule has 2 aromatic rings. The second kappa shape index (κ2) is 4.69. The zero-order valence-corrected chi connectivity index (χ0v) is 9.30. The Morgan fingerprint density at radius 2 is 2.29 bits per heavy atom. The van der Waals surface area contributed by atoms with Gasteiger partial charge in [0.1, 0.15) is 11.4 Å². The van der Waals surface area contributed by atoms with E-state index in [0.717, 1.165) is 11.3 Å². The second-order valence-electron chi connectivity index (χ2n) is 3.64. The lowest BCUT2D eigenvalue weighted by Gasteiger charge is -2.08. The van der Waals surface area contributed by atoms with Crippen LogP contribution < -0.4 is 5.32 Å². The number of hydrogen-bond acceptors (Lipinski definition) is 4. The Kier molecular flexibility index (Phi) is 3.09. The van der Waals surface area contributed by atoms with Crippen LogP contribution in [0, 0.1) is 6.92 Å². The van der Waals surface area contributed by atoms with Gasteiger partial charge in [-0.15, -0.1) is 0 Å². The SMILES string of the molecule is Cc1ccc(C(=O)O)c(NCc2ccoc2)n1. The molecule has 0 fully saturated rings. The molecule has 2 heterocycles. The van der Waals surface area contributed by atoms with Gasteiger partial charge in [-0.3, -0.25) is 0 Å². The smallest absolute Gasteiger partial charge is 0.339 e. The number of carboxylic acids is 1. The standard InChI is InChI=1S/C12H12N2O3/c1-8-2-3-10(12(15)16)11(14-8)13-6-9-4-5-17-7-9/h2-5,7H,6H2,1H3,(H,13,14)(H,15,16). The number of nitrogens with one attached hydrogen (secondary N) is 1. The highest BCUT2D eigenvalue weighted by Crippen LogP contribution is 2.14. The van der Waals surface area contributed by atoms with E-state index in [-0.39, 0.29) is 5.56 Å². The van der Waals surface area contributed by atoms with Crippen LogP contribution in [0.15, 0.2) is 35.1 Å². The minimum Gasteiger partial charge on any atom is -0.478 e. The predicted molar refractivity (Wildman–Crippen MR) is 62.0 cm³/mol. The monoisotopic (exact) mass is 232 g/mol. The average Bonchev–Trinajstić information content (AvgIpc) is 2.78. The van der Waals surface area contributed by atoms with Crippen LogP contribution in [0.25, 0.3) is 0 Å². The lowest BCUT2D eigenvalue weighted by molar-refractivity contribution is 0.0697. The van der Waals surface area contributed by atoms with E-state index in [0.29, 0.717) is 12.4 Å². The second-order valence-corrected chi connectivity index (χ2v) is 3.64. The molecule has 2 N–H and O–H groups in total. The van der Waals surface area contributed by atoms with Gasteiger partial charge in [-0.05, 0) is 25.1 Å². The zero-order valence-electron chi connectivity index (χ0n) is 9.30. The highest BCUT2D eigenvalue weighted by Gasteiger charge is 2.11. The molecular formula is C12H12N2O3. The molecule has 0 saturated carbocycles. The number of nitrogens with zero attached hydrogens (tertiary/aromatic N) is 1. The van der Waals surface area contributed by atoms with E-state index in [1.165, 1.54) is 0 Å². The number of aromatic nitrogens is 1. The summed E-state index contributed by atoms with van der Waals surface area (Å²) in [6.45, 7) is 2.29. The summed E-state index contributed by atoms with van der Waals surface area (Å²) >= 11 is 0. The Morgan fingerprint density at radius 1 is 1.47 bits per heavy atom. The third-order valence-electron chi connectivity index (χ3n) is 2.30. The van der Waals surface area contributed by atoms with Gasteiger partial charge in [0.2, 0.25) is 0 Å². The molecule has 0 saturated heterocycles.